The summed E-state index contributed by atoms with van der Waals surface area (Å²) < 4.78 is 11.5. The van der Waals surface area contributed by atoms with Gasteiger partial charge in [-0.15, -0.1) is 0 Å². The second-order valence-electron chi connectivity index (χ2n) is 4.94. The summed E-state index contributed by atoms with van der Waals surface area (Å²) in [5.74, 6) is 1.26. The summed E-state index contributed by atoms with van der Waals surface area (Å²) in [6.45, 7) is 2.11. The van der Waals surface area contributed by atoms with Gasteiger partial charge in [0.25, 0.3) is 0 Å². The number of hydrogen-bond donors (Lipinski definition) is 1. The smallest absolute Gasteiger partial charge is 0.394 e. The second-order valence-corrected chi connectivity index (χ2v) is 4.94. The van der Waals surface area contributed by atoms with Crippen molar-refractivity contribution in [3.63, 3.8) is 0 Å². The van der Waals surface area contributed by atoms with E-state index in [0.717, 1.165) is 24.2 Å². The second kappa shape index (κ2) is 3.47. The summed E-state index contributed by atoms with van der Waals surface area (Å²) in [5, 5.41) is 3.40. The maximum absolute atomic E-state index is 5.88. The molecule has 1 unspecified atom stereocenters. The SMILES string of the molecule is c1ccc2oc(OC3[C@@H]4CNC[C@H]3C4)nc2c1. The monoisotopic (exact) mass is 230 g/mol. The molecule has 1 aliphatic carbocycles. The maximum Gasteiger partial charge on any atom is 0.394 e. The number of ether oxygens (including phenoxy) is 1. The van der Waals surface area contributed by atoms with Crippen molar-refractivity contribution in [1.82, 2.24) is 10.3 Å². The lowest BCUT2D eigenvalue weighted by molar-refractivity contribution is -0.0582. The largest absolute Gasteiger partial charge is 0.446 e. The van der Waals surface area contributed by atoms with Gasteiger partial charge in [-0.2, -0.15) is 4.98 Å². The molecule has 0 amide bonds. The molecule has 2 bridgehead atoms. The molecule has 1 aromatic carbocycles. The molecule has 1 aliphatic heterocycles. The molecule has 2 fully saturated rings. The van der Waals surface area contributed by atoms with Gasteiger partial charge in [-0.1, -0.05) is 12.1 Å². The molecular weight excluding hydrogens is 216 g/mol. The Balaban J connectivity index is 1.59. The molecule has 4 nitrogen and oxygen atoms in total. The van der Waals surface area contributed by atoms with Gasteiger partial charge >= 0.3 is 6.08 Å². The zero-order chi connectivity index (χ0) is 11.2. The number of nitrogens with one attached hydrogen (secondary N) is 1. The van der Waals surface area contributed by atoms with Crippen LogP contribution < -0.4 is 10.1 Å². The normalized spacial score (nSPS) is 31.2. The van der Waals surface area contributed by atoms with Crippen LogP contribution >= 0.6 is 0 Å². The number of hydrogen-bond acceptors (Lipinski definition) is 4. The summed E-state index contributed by atoms with van der Waals surface area (Å²) in [6, 6.07) is 7.75. The molecule has 88 valence electrons. The molecule has 2 aliphatic rings. The highest BCUT2D eigenvalue weighted by Crippen LogP contribution is 2.39. The first-order chi connectivity index (χ1) is 8.40. The van der Waals surface area contributed by atoms with Gasteiger partial charge in [0.1, 0.15) is 11.6 Å². The number of oxazole rings is 1. The van der Waals surface area contributed by atoms with Crippen molar-refractivity contribution in [3.8, 4) is 6.08 Å². The van der Waals surface area contributed by atoms with Gasteiger partial charge in [0.2, 0.25) is 0 Å². The van der Waals surface area contributed by atoms with Crippen LogP contribution in [0.15, 0.2) is 28.7 Å². The topological polar surface area (TPSA) is 47.3 Å². The summed E-state index contributed by atoms with van der Waals surface area (Å²) in [4.78, 5) is 4.35. The molecule has 4 heteroatoms. The Morgan fingerprint density at radius 3 is 2.82 bits per heavy atom. The average molecular weight is 230 g/mol. The van der Waals surface area contributed by atoms with Gasteiger partial charge < -0.3 is 14.5 Å². The predicted molar refractivity (Wildman–Crippen MR) is 62.9 cm³/mol. The van der Waals surface area contributed by atoms with E-state index >= 15 is 0 Å². The highest BCUT2D eigenvalue weighted by Gasteiger charge is 2.46. The van der Waals surface area contributed by atoms with E-state index in [9.17, 15) is 0 Å². The minimum absolute atomic E-state index is 0.296. The van der Waals surface area contributed by atoms with E-state index in [4.69, 9.17) is 9.15 Å². The Morgan fingerprint density at radius 2 is 2.06 bits per heavy atom. The Bertz CT molecular complexity index is 504. The summed E-state index contributed by atoms with van der Waals surface area (Å²) in [5.41, 5.74) is 1.66. The van der Waals surface area contributed by atoms with Crippen LogP contribution in [0.4, 0.5) is 0 Å². The lowest BCUT2D eigenvalue weighted by atomic mass is 9.69. The fourth-order valence-corrected chi connectivity index (χ4v) is 2.91. The van der Waals surface area contributed by atoms with Crippen molar-refractivity contribution in [2.24, 2.45) is 11.8 Å². The first-order valence-corrected chi connectivity index (χ1v) is 6.13. The molecule has 3 atom stereocenters. The van der Waals surface area contributed by atoms with Crippen LogP contribution in [0.1, 0.15) is 6.42 Å². The molecule has 1 saturated carbocycles. The summed E-state index contributed by atoms with van der Waals surface area (Å²) >= 11 is 0. The molecule has 1 saturated heterocycles. The fourth-order valence-electron chi connectivity index (χ4n) is 2.91. The third-order valence-corrected chi connectivity index (χ3v) is 3.86. The van der Waals surface area contributed by atoms with Gasteiger partial charge in [-0.3, -0.25) is 0 Å². The minimum atomic E-state index is 0.296. The van der Waals surface area contributed by atoms with E-state index in [1.807, 2.05) is 24.3 Å². The Labute approximate surface area is 99.0 Å². The van der Waals surface area contributed by atoms with Crippen LogP contribution in [0.3, 0.4) is 0 Å². The molecule has 17 heavy (non-hydrogen) atoms. The zero-order valence-electron chi connectivity index (χ0n) is 9.43. The van der Waals surface area contributed by atoms with E-state index in [-0.39, 0.29) is 0 Å². The van der Waals surface area contributed by atoms with Gasteiger partial charge in [0.05, 0.1) is 0 Å². The lowest BCUT2D eigenvalue weighted by Crippen LogP contribution is -2.59. The number of rotatable bonds is 2. The molecule has 0 spiro atoms. The molecule has 1 N–H and O–H groups in total. The number of piperidine rings is 2. The lowest BCUT2D eigenvalue weighted by Gasteiger charge is -2.48. The van der Waals surface area contributed by atoms with E-state index < -0.39 is 0 Å². The van der Waals surface area contributed by atoms with Crippen molar-refractivity contribution >= 4 is 11.1 Å². The highest BCUT2D eigenvalue weighted by molar-refractivity contribution is 5.72. The average Bonchev–Trinajstić information content (AvgIpc) is 2.79. The zero-order valence-corrected chi connectivity index (χ0v) is 9.43. The quantitative estimate of drug-likeness (QED) is 0.854. The van der Waals surface area contributed by atoms with Gasteiger partial charge in [-0.05, 0) is 18.6 Å². The molecule has 4 rings (SSSR count). The number of fused-ring (bicyclic) bond motifs is 3. The van der Waals surface area contributed by atoms with Crippen molar-refractivity contribution in [1.29, 1.82) is 0 Å². The first-order valence-electron chi connectivity index (χ1n) is 6.13. The summed E-state index contributed by atoms with van der Waals surface area (Å²) in [7, 11) is 0. The number of aromatic nitrogens is 1. The molecule has 2 heterocycles. The van der Waals surface area contributed by atoms with Crippen LogP contribution in [0.5, 0.6) is 6.08 Å². The number of para-hydroxylation sites is 2. The highest BCUT2D eigenvalue weighted by atomic mass is 16.6. The maximum atomic E-state index is 5.88. The third-order valence-electron chi connectivity index (χ3n) is 3.86. The molecule has 2 aromatic rings. The van der Waals surface area contributed by atoms with E-state index in [0.29, 0.717) is 24.0 Å². The Hall–Kier alpha value is -1.55. The van der Waals surface area contributed by atoms with E-state index in [2.05, 4.69) is 10.3 Å². The Morgan fingerprint density at radius 1 is 1.24 bits per heavy atom. The minimum Gasteiger partial charge on any atom is -0.446 e. The van der Waals surface area contributed by atoms with Gasteiger partial charge in [0.15, 0.2) is 5.58 Å². The molecular formula is C13H14N2O2. The Kier molecular flexibility index (Phi) is 1.93. The standard InChI is InChI=1S/C13H14N2O2/c1-2-4-11-10(3-1)15-13(16-11)17-12-8-5-9(12)7-14-6-8/h1-4,8-9,12,14H,5-7H2/t8-,9+,12?. The van der Waals surface area contributed by atoms with Crippen LogP contribution in [-0.4, -0.2) is 24.2 Å². The van der Waals surface area contributed by atoms with Crippen LogP contribution in [0, 0.1) is 11.8 Å². The van der Waals surface area contributed by atoms with Crippen molar-refractivity contribution in [3.05, 3.63) is 24.3 Å². The van der Waals surface area contributed by atoms with Crippen molar-refractivity contribution in [2.75, 3.05) is 13.1 Å². The third kappa shape index (κ3) is 1.44. The fraction of sp³-hybridized carbons (Fsp3) is 0.462. The molecule has 0 radical (unpaired) electrons. The van der Waals surface area contributed by atoms with Crippen LogP contribution in [0.2, 0.25) is 0 Å². The van der Waals surface area contributed by atoms with E-state index in [1.54, 1.807) is 0 Å². The number of benzene rings is 1. The summed E-state index contributed by atoms with van der Waals surface area (Å²) in [6.07, 6.45) is 2.00. The van der Waals surface area contributed by atoms with Crippen LogP contribution in [0.25, 0.3) is 11.1 Å². The van der Waals surface area contributed by atoms with Gasteiger partial charge in [0, 0.05) is 24.9 Å². The van der Waals surface area contributed by atoms with Gasteiger partial charge in [-0.25, -0.2) is 0 Å². The first kappa shape index (κ1) is 9.48. The van der Waals surface area contributed by atoms with E-state index in [1.165, 1.54) is 6.42 Å². The number of nitrogens with zero attached hydrogens (tertiary/aromatic N) is 1. The van der Waals surface area contributed by atoms with Crippen LogP contribution in [-0.2, 0) is 0 Å². The van der Waals surface area contributed by atoms with Crippen molar-refractivity contribution < 1.29 is 9.15 Å². The predicted octanol–water partition coefficient (Wildman–Crippen LogP) is 1.81. The molecule has 1 aromatic heterocycles. The van der Waals surface area contributed by atoms with Crippen molar-refractivity contribution in [2.45, 2.75) is 12.5 Å².